The van der Waals surface area contributed by atoms with Crippen molar-refractivity contribution in [2.75, 3.05) is 13.2 Å². The first-order valence-electron chi connectivity index (χ1n) is 12.7. The number of carbonyl (C=O) groups is 1. The van der Waals surface area contributed by atoms with E-state index in [1.807, 2.05) is 11.4 Å². The number of nitrogens with zero attached hydrogens (tertiary/aromatic N) is 2. The Morgan fingerprint density at radius 3 is 1.53 bits per heavy atom. The van der Waals surface area contributed by atoms with Crippen molar-refractivity contribution in [3.8, 4) is 22.8 Å². The molecule has 3 heterocycles. The fourth-order valence-electron chi connectivity index (χ4n) is 3.02. The van der Waals surface area contributed by atoms with E-state index >= 15 is 0 Å². The molecular formula is C28H29Cl4I4MnN4O5V-. The van der Waals surface area contributed by atoms with Gasteiger partial charge in [0, 0.05) is 63.0 Å². The molecule has 2 aromatic heterocycles. The number of hydrogen-bond donors (Lipinski definition) is 3. The van der Waals surface area contributed by atoms with E-state index in [1.54, 1.807) is 42.6 Å². The number of benzene rings is 2. The zero-order chi connectivity index (χ0) is 35.1. The molecule has 1 aliphatic heterocycles. The first-order chi connectivity index (χ1) is 21.7. The molecule has 0 aliphatic carbocycles. The zero-order valence-electron chi connectivity index (χ0n) is 24.6. The van der Waals surface area contributed by atoms with Gasteiger partial charge in [-0.2, -0.15) is 6.92 Å². The zero-order valence-corrected chi connectivity index (χ0v) is 38.9. The molecule has 47 heavy (non-hydrogen) atoms. The maximum Gasteiger partial charge on any atom is 0 e. The van der Waals surface area contributed by atoms with Crippen molar-refractivity contribution in [2.24, 2.45) is 0 Å². The van der Waals surface area contributed by atoms with E-state index in [9.17, 15) is 4.79 Å². The molecule has 0 amide bonds. The van der Waals surface area contributed by atoms with Crippen molar-refractivity contribution < 1.29 is 55.7 Å². The molecule has 1 aliphatic rings. The number of H-pyrrole nitrogens is 2. The number of rotatable bonds is 4. The third kappa shape index (κ3) is 26.6. The molecule has 4 aromatic rings. The number of halogens is 8. The molecule has 0 bridgehead atoms. The van der Waals surface area contributed by atoms with Crippen LogP contribution in [0.5, 0.6) is 0 Å². The largest absolute Gasteiger partial charge is 0 e. The summed E-state index contributed by atoms with van der Waals surface area (Å²) < 4.78 is 24.1. The van der Waals surface area contributed by atoms with E-state index < -0.39 is 14.8 Å². The molecule has 19 heteroatoms. The summed E-state index contributed by atoms with van der Waals surface area (Å²) in [5.74, 6) is 1.21. The van der Waals surface area contributed by atoms with Crippen LogP contribution in [0.2, 0.25) is 20.1 Å². The summed E-state index contributed by atoms with van der Waals surface area (Å²) >= 11 is 31.2. The Labute approximate surface area is 366 Å². The van der Waals surface area contributed by atoms with Gasteiger partial charge in [-0.25, -0.2) is 9.97 Å². The van der Waals surface area contributed by atoms with Crippen LogP contribution in [-0.4, -0.2) is 44.0 Å². The van der Waals surface area contributed by atoms with Crippen molar-refractivity contribution in [2.45, 2.75) is 32.7 Å². The molecule has 9 nitrogen and oxygen atoms in total. The van der Waals surface area contributed by atoms with Crippen LogP contribution in [0.15, 0.2) is 48.8 Å². The first-order valence-corrected chi connectivity index (χ1v) is 19.7. The van der Waals surface area contributed by atoms with Gasteiger partial charge in [0.25, 0.3) is 0 Å². The average Bonchev–Trinajstić information content (AvgIpc) is 3.76. The SMILES string of the molecule is C1CCOC1.CC(I)(I)I.C[CH-]I.O=Cc1cnc(-c2cc(Cl)cc(Cl)c2)[nH]1.OCc1cnc(-c2cc(Cl)cc(Cl)c2)[nH]1.[O]=[Mn]=[O].[V]. The molecule has 0 atom stereocenters. The molecule has 1 radical (unpaired) electrons. The summed E-state index contributed by atoms with van der Waals surface area (Å²) in [7, 11) is 0. The molecule has 260 valence electrons. The number of alkyl halides is 3. The van der Waals surface area contributed by atoms with E-state index in [0.29, 0.717) is 48.8 Å². The third-order valence-corrected chi connectivity index (χ3v) is 5.49. The van der Waals surface area contributed by atoms with Crippen molar-refractivity contribution in [1.82, 2.24) is 19.9 Å². The second kappa shape index (κ2) is 29.8. The van der Waals surface area contributed by atoms with Crippen molar-refractivity contribution in [3.63, 3.8) is 0 Å². The monoisotopic (exact) mass is 1250 g/mol. The van der Waals surface area contributed by atoms with Crippen molar-refractivity contribution in [1.29, 1.82) is 0 Å². The number of aromatic amines is 2. The van der Waals surface area contributed by atoms with Crippen LogP contribution in [0.3, 0.4) is 0 Å². The van der Waals surface area contributed by atoms with Crippen molar-refractivity contribution in [3.05, 3.63) is 84.7 Å². The minimum absolute atomic E-state index is 0. The number of aliphatic hydroxyl groups excluding tert-OH is 1. The van der Waals surface area contributed by atoms with Gasteiger partial charge in [-0.3, -0.25) is 9.22 Å². The summed E-state index contributed by atoms with van der Waals surface area (Å²) in [6.07, 6.45) is 6.28. The van der Waals surface area contributed by atoms with Crippen LogP contribution in [0.4, 0.5) is 0 Å². The molecule has 0 spiro atoms. The standard InChI is InChI=1S/C10H8Cl2N2O.C10H6Cl2N2O.C4H8O.C2H3I3.C2H4I.Mn.2O.V/c2*11-7-1-6(2-8(12)3-7)10-13-4-9(5-15)14-10;1-2-4-5-3-1;1-2(3,4)5;1-2-3;;;;/h1-4,15H,5H2,(H,13,14);1-5H,(H,13,14);1-4H2;1H3;2H,1H3;;;;/q;;;;-1;;;;. The summed E-state index contributed by atoms with van der Waals surface area (Å²) in [5, 5.41) is 11.1. The Bertz CT molecular complexity index is 1440. The van der Waals surface area contributed by atoms with Gasteiger partial charge in [0.15, 0.2) is 6.29 Å². The molecule has 3 N–H and O–H groups in total. The molecule has 0 saturated carbocycles. The summed E-state index contributed by atoms with van der Waals surface area (Å²) in [6.45, 7) is 6.07. The van der Waals surface area contributed by atoms with Crippen molar-refractivity contribution >= 4 is 143 Å². The number of ether oxygens (including phenoxy) is 1. The Morgan fingerprint density at radius 1 is 0.894 bits per heavy atom. The first kappa shape index (κ1) is 50.3. The van der Waals surface area contributed by atoms with Gasteiger partial charge < -0.3 is 42.4 Å². The minimum Gasteiger partial charge on any atom is 0 e. The van der Waals surface area contributed by atoms with Crippen LogP contribution >= 0.6 is 137 Å². The Kier molecular flexibility index (Phi) is 31.9. The summed E-state index contributed by atoms with van der Waals surface area (Å²) in [6, 6.07) is 10.3. The summed E-state index contributed by atoms with van der Waals surface area (Å²) in [4.78, 5) is 24.4. The Balaban J connectivity index is 0. The van der Waals surface area contributed by atoms with Crippen LogP contribution in [-0.2, 0) is 52.4 Å². The Hall–Kier alpha value is 1.23. The summed E-state index contributed by atoms with van der Waals surface area (Å²) in [5.41, 5.74) is 2.62. The fourth-order valence-corrected chi connectivity index (χ4v) is 4.07. The van der Waals surface area contributed by atoms with Gasteiger partial charge >= 0.3 is 22.5 Å². The predicted octanol–water partition coefficient (Wildman–Crippen LogP) is 11.2. The number of nitrogens with one attached hydrogen (secondary N) is 2. The number of aliphatic hydroxyl groups is 1. The van der Waals surface area contributed by atoms with E-state index in [2.05, 4.69) is 117 Å². The molecular weight excluding hydrogens is 1230 g/mol. The van der Waals surface area contributed by atoms with Crippen LogP contribution < -0.4 is 0 Å². The second-order valence-corrected chi connectivity index (χ2v) is 24.3. The van der Waals surface area contributed by atoms with Crippen LogP contribution in [0.1, 0.15) is 42.9 Å². The predicted molar refractivity (Wildman–Crippen MR) is 215 cm³/mol. The molecule has 1 saturated heterocycles. The normalized spacial score (nSPS) is 11.1. The number of aromatic nitrogens is 4. The molecule has 5 rings (SSSR count). The number of imidazole rings is 2. The third-order valence-electron chi connectivity index (χ3n) is 4.62. The topological polar surface area (TPSA) is 138 Å². The van der Waals surface area contributed by atoms with E-state index in [1.165, 1.54) is 19.0 Å². The van der Waals surface area contributed by atoms with E-state index in [-0.39, 0.29) is 25.2 Å². The van der Waals surface area contributed by atoms with Gasteiger partial charge in [-0.15, -0.1) is 0 Å². The minimum atomic E-state index is -1.44. The van der Waals surface area contributed by atoms with Gasteiger partial charge in [0.2, 0.25) is 0 Å². The van der Waals surface area contributed by atoms with Gasteiger partial charge in [-0.05, 0) is 56.2 Å². The Morgan fingerprint density at radius 2 is 1.26 bits per heavy atom. The van der Waals surface area contributed by atoms with Crippen LogP contribution in [0, 0.1) is 4.43 Å². The number of aldehydes is 1. The van der Waals surface area contributed by atoms with E-state index in [0.717, 1.165) is 24.3 Å². The van der Waals surface area contributed by atoms with Gasteiger partial charge in [0.1, 0.15) is 11.1 Å². The number of carbonyl (C=O) groups excluding carboxylic acids is 1. The average molecular weight is 1260 g/mol. The smallest absolute Gasteiger partial charge is 0 e. The molecule has 0 unspecified atom stereocenters. The van der Waals surface area contributed by atoms with Gasteiger partial charge in [-0.1, -0.05) is 114 Å². The van der Waals surface area contributed by atoms with Crippen LogP contribution in [0.25, 0.3) is 22.8 Å². The second-order valence-electron chi connectivity index (χ2n) is 8.42. The van der Waals surface area contributed by atoms with E-state index in [4.69, 9.17) is 63.9 Å². The quantitative estimate of drug-likeness (QED) is 0.0608. The molecule has 2 aromatic carbocycles. The number of hydrogen-bond acceptors (Lipinski definition) is 7. The molecule has 1 fully saturated rings. The maximum atomic E-state index is 10.5. The van der Waals surface area contributed by atoms with Gasteiger partial charge in [0.05, 0.1) is 30.4 Å². The maximum absolute atomic E-state index is 10.5. The fraction of sp³-hybridized carbons (Fsp3) is 0.286.